The van der Waals surface area contributed by atoms with E-state index in [2.05, 4.69) is 15.5 Å². The molecule has 2 rings (SSSR count). The van der Waals surface area contributed by atoms with Crippen molar-refractivity contribution < 1.29 is 18.0 Å². The highest BCUT2D eigenvalue weighted by molar-refractivity contribution is 5.94. The van der Waals surface area contributed by atoms with Crippen molar-refractivity contribution >= 4 is 11.6 Å². The molecule has 0 radical (unpaired) electrons. The minimum absolute atomic E-state index is 0.0362. The highest BCUT2D eigenvalue weighted by atomic mass is 19.4. The Morgan fingerprint density at radius 3 is 2.39 bits per heavy atom. The Bertz CT molecular complexity index is 534. The second-order valence-electron chi connectivity index (χ2n) is 3.25. The Balaban J connectivity index is 2.12. The number of benzene rings is 1. The third-order valence-electron chi connectivity index (χ3n) is 2.00. The van der Waals surface area contributed by atoms with E-state index in [0.29, 0.717) is 5.69 Å². The summed E-state index contributed by atoms with van der Waals surface area (Å²) < 4.78 is 37.3. The number of hydrogen-bond donors (Lipinski definition) is 1. The number of nitrogens with one attached hydrogen (secondary N) is 1. The van der Waals surface area contributed by atoms with E-state index in [-0.39, 0.29) is 5.69 Å². The van der Waals surface area contributed by atoms with Crippen LogP contribution in [0.4, 0.5) is 18.9 Å². The first-order valence-corrected chi connectivity index (χ1v) is 4.68. The molecule has 1 N–H and O–H groups in total. The first-order valence-electron chi connectivity index (χ1n) is 4.68. The standard InChI is InChI=1S/C9H6F3N5O/c10-9(11,12)8(18)14-6-1-3-7(4-2-6)17-5-13-15-16-17/h1-5H,(H,14,18). The molecule has 0 unspecified atom stereocenters. The number of aromatic nitrogens is 4. The SMILES string of the molecule is O=C(Nc1ccc(-n2cnnn2)cc1)C(F)(F)F. The van der Waals surface area contributed by atoms with Crippen LogP contribution in [0, 0.1) is 0 Å². The van der Waals surface area contributed by atoms with Crippen LogP contribution in [0.5, 0.6) is 0 Å². The third-order valence-corrected chi connectivity index (χ3v) is 2.00. The zero-order valence-electron chi connectivity index (χ0n) is 8.72. The summed E-state index contributed by atoms with van der Waals surface area (Å²) in [6.07, 6.45) is -3.57. The molecule has 0 aliphatic heterocycles. The average molecular weight is 257 g/mol. The molecule has 0 fully saturated rings. The monoisotopic (exact) mass is 257 g/mol. The van der Waals surface area contributed by atoms with Crippen LogP contribution in [0.25, 0.3) is 5.69 Å². The van der Waals surface area contributed by atoms with E-state index in [9.17, 15) is 18.0 Å². The van der Waals surface area contributed by atoms with E-state index < -0.39 is 12.1 Å². The molecular formula is C9H6F3N5O. The number of tetrazole rings is 1. The summed E-state index contributed by atoms with van der Waals surface area (Å²) in [4.78, 5) is 10.7. The molecule has 1 heterocycles. The molecule has 94 valence electrons. The van der Waals surface area contributed by atoms with Crippen molar-refractivity contribution in [3.05, 3.63) is 30.6 Å². The lowest BCUT2D eigenvalue weighted by molar-refractivity contribution is -0.167. The van der Waals surface area contributed by atoms with Gasteiger partial charge in [0.25, 0.3) is 0 Å². The molecule has 6 nitrogen and oxygen atoms in total. The summed E-state index contributed by atoms with van der Waals surface area (Å²) in [6, 6.07) is 5.59. The summed E-state index contributed by atoms with van der Waals surface area (Å²) in [5.74, 6) is -2.02. The van der Waals surface area contributed by atoms with Crippen LogP contribution in [0.3, 0.4) is 0 Å². The van der Waals surface area contributed by atoms with Gasteiger partial charge in [-0.05, 0) is 34.7 Å². The fourth-order valence-electron chi connectivity index (χ4n) is 1.18. The van der Waals surface area contributed by atoms with Gasteiger partial charge in [0, 0.05) is 5.69 Å². The van der Waals surface area contributed by atoms with Gasteiger partial charge >= 0.3 is 12.1 Å². The van der Waals surface area contributed by atoms with E-state index in [0.717, 1.165) is 0 Å². The molecular weight excluding hydrogens is 251 g/mol. The molecule has 0 saturated heterocycles. The van der Waals surface area contributed by atoms with Crippen LogP contribution >= 0.6 is 0 Å². The van der Waals surface area contributed by atoms with E-state index in [1.807, 2.05) is 0 Å². The predicted molar refractivity (Wildman–Crippen MR) is 53.8 cm³/mol. The second-order valence-corrected chi connectivity index (χ2v) is 3.25. The molecule has 1 aromatic heterocycles. The highest BCUT2D eigenvalue weighted by Crippen LogP contribution is 2.19. The Hall–Kier alpha value is -2.45. The number of nitrogens with zero attached hydrogens (tertiary/aromatic N) is 4. The van der Waals surface area contributed by atoms with Crippen molar-refractivity contribution in [1.29, 1.82) is 0 Å². The number of alkyl halides is 3. The maximum Gasteiger partial charge on any atom is 0.471 e. The summed E-state index contributed by atoms with van der Waals surface area (Å²) in [6.45, 7) is 0. The topological polar surface area (TPSA) is 72.7 Å². The van der Waals surface area contributed by atoms with E-state index >= 15 is 0 Å². The first kappa shape index (κ1) is 12.0. The normalized spacial score (nSPS) is 11.3. The van der Waals surface area contributed by atoms with E-state index in [4.69, 9.17) is 0 Å². The third kappa shape index (κ3) is 2.62. The van der Waals surface area contributed by atoms with Gasteiger partial charge in [-0.3, -0.25) is 4.79 Å². The molecule has 0 bridgehead atoms. The molecule has 0 spiro atoms. The maximum absolute atomic E-state index is 12.0. The van der Waals surface area contributed by atoms with Gasteiger partial charge in [0.1, 0.15) is 6.33 Å². The first-order chi connectivity index (χ1) is 8.47. The predicted octanol–water partition coefficient (Wildman–Crippen LogP) is 1.16. The lowest BCUT2D eigenvalue weighted by Gasteiger charge is -2.08. The molecule has 1 aromatic carbocycles. The highest BCUT2D eigenvalue weighted by Gasteiger charge is 2.38. The smallest absolute Gasteiger partial charge is 0.318 e. The van der Waals surface area contributed by atoms with Crippen molar-refractivity contribution in [2.24, 2.45) is 0 Å². The van der Waals surface area contributed by atoms with Crippen molar-refractivity contribution in [1.82, 2.24) is 20.2 Å². The second kappa shape index (κ2) is 4.43. The number of hydrogen-bond acceptors (Lipinski definition) is 4. The van der Waals surface area contributed by atoms with Gasteiger partial charge in [0.2, 0.25) is 0 Å². The van der Waals surface area contributed by atoms with E-state index in [1.54, 1.807) is 5.32 Å². The number of carbonyl (C=O) groups is 1. The van der Waals surface area contributed by atoms with E-state index in [1.165, 1.54) is 35.3 Å². The zero-order chi connectivity index (χ0) is 13.2. The minimum atomic E-state index is -4.91. The maximum atomic E-state index is 12.0. The molecule has 0 saturated carbocycles. The largest absolute Gasteiger partial charge is 0.471 e. The average Bonchev–Trinajstić information content (AvgIpc) is 2.82. The van der Waals surface area contributed by atoms with Gasteiger partial charge in [0.05, 0.1) is 5.69 Å². The number of amides is 1. The number of carbonyl (C=O) groups excluding carboxylic acids is 1. The van der Waals surface area contributed by atoms with Crippen LogP contribution in [0.1, 0.15) is 0 Å². The van der Waals surface area contributed by atoms with Crippen LogP contribution < -0.4 is 5.32 Å². The summed E-state index contributed by atoms with van der Waals surface area (Å²) >= 11 is 0. The Labute approximate surface area is 98.4 Å². The molecule has 0 aliphatic rings. The summed E-state index contributed by atoms with van der Waals surface area (Å²) in [5, 5.41) is 12.2. The molecule has 1 amide bonds. The van der Waals surface area contributed by atoms with Gasteiger partial charge in [-0.25, -0.2) is 4.68 Å². The minimum Gasteiger partial charge on any atom is -0.318 e. The van der Waals surface area contributed by atoms with Crippen molar-refractivity contribution in [3.8, 4) is 5.69 Å². The van der Waals surface area contributed by atoms with Crippen LogP contribution in [-0.2, 0) is 4.79 Å². The number of anilines is 1. The summed E-state index contributed by atoms with van der Waals surface area (Å²) in [7, 11) is 0. The van der Waals surface area contributed by atoms with Crippen LogP contribution in [-0.4, -0.2) is 32.3 Å². The lowest BCUT2D eigenvalue weighted by atomic mass is 10.3. The lowest BCUT2D eigenvalue weighted by Crippen LogP contribution is -2.29. The molecule has 9 heteroatoms. The number of halogens is 3. The summed E-state index contributed by atoms with van der Waals surface area (Å²) in [5.41, 5.74) is 0.596. The zero-order valence-corrected chi connectivity index (χ0v) is 8.72. The fraction of sp³-hybridized carbons (Fsp3) is 0.111. The molecule has 18 heavy (non-hydrogen) atoms. The van der Waals surface area contributed by atoms with Gasteiger partial charge < -0.3 is 5.32 Å². The van der Waals surface area contributed by atoms with Gasteiger partial charge in [-0.2, -0.15) is 13.2 Å². The fourth-order valence-corrected chi connectivity index (χ4v) is 1.18. The van der Waals surface area contributed by atoms with Crippen molar-refractivity contribution in [2.45, 2.75) is 6.18 Å². The van der Waals surface area contributed by atoms with Crippen molar-refractivity contribution in [2.75, 3.05) is 5.32 Å². The molecule has 0 aliphatic carbocycles. The molecule has 0 atom stereocenters. The van der Waals surface area contributed by atoms with Crippen molar-refractivity contribution in [3.63, 3.8) is 0 Å². The van der Waals surface area contributed by atoms with Gasteiger partial charge in [0.15, 0.2) is 0 Å². The number of rotatable bonds is 2. The van der Waals surface area contributed by atoms with Gasteiger partial charge in [-0.15, -0.1) is 5.10 Å². The molecule has 2 aromatic rings. The van der Waals surface area contributed by atoms with Crippen LogP contribution in [0.15, 0.2) is 30.6 Å². The Morgan fingerprint density at radius 1 is 1.22 bits per heavy atom. The Kier molecular flexibility index (Phi) is 2.96. The quantitative estimate of drug-likeness (QED) is 0.876. The Morgan fingerprint density at radius 2 is 1.89 bits per heavy atom. The van der Waals surface area contributed by atoms with Gasteiger partial charge in [-0.1, -0.05) is 0 Å². The van der Waals surface area contributed by atoms with Crippen LogP contribution in [0.2, 0.25) is 0 Å².